The Kier molecular flexibility index (Phi) is 3.27. The highest BCUT2D eigenvalue weighted by molar-refractivity contribution is 5.01. The summed E-state index contributed by atoms with van der Waals surface area (Å²) in [5, 5.41) is 9.27. The van der Waals surface area contributed by atoms with E-state index in [2.05, 4.69) is 22.9 Å². The van der Waals surface area contributed by atoms with Gasteiger partial charge in [-0.3, -0.25) is 9.80 Å². The molecular formula is C17H27N3. The second-order valence-electron chi connectivity index (χ2n) is 7.98. The Hall–Kier alpha value is -0.590. The Labute approximate surface area is 122 Å². The van der Waals surface area contributed by atoms with Gasteiger partial charge in [0.05, 0.1) is 6.07 Å². The van der Waals surface area contributed by atoms with Crippen molar-refractivity contribution in [3.8, 4) is 6.07 Å². The van der Waals surface area contributed by atoms with E-state index >= 15 is 0 Å². The van der Waals surface area contributed by atoms with Gasteiger partial charge in [-0.2, -0.15) is 5.26 Å². The van der Waals surface area contributed by atoms with Crippen LogP contribution in [0.1, 0.15) is 32.1 Å². The van der Waals surface area contributed by atoms with E-state index in [-0.39, 0.29) is 6.04 Å². The fourth-order valence-electron chi connectivity index (χ4n) is 5.87. The van der Waals surface area contributed by atoms with Crippen LogP contribution in [0.5, 0.6) is 0 Å². The maximum atomic E-state index is 9.27. The molecule has 20 heavy (non-hydrogen) atoms. The van der Waals surface area contributed by atoms with E-state index in [1.165, 1.54) is 32.2 Å². The van der Waals surface area contributed by atoms with Gasteiger partial charge in [-0.15, -0.1) is 0 Å². The second-order valence-corrected chi connectivity index (χ2v) is 7.98. The molecule has 0 spiro atoms. The number of nitriles is 1. The van der Waals surface area contributed by atoms with Crippen LogP contribution in [0.4, 0.5) is 0 Å². The molecule has 0 amide bonds. The zero-order chi connectivity index (χ0) is 13.7. The topological polar surface area (TPSA) is 30.3 Å². The lowest BCUT2D eigenvalue weighted by molar-refractivity contribution is -0.0540. The SMILES string of the molecule is CN1CCN(CC2C3CC4CC(C3)CC2C4)CC1C#N. The molecule has 0 aromatic rings. The normalized spacial score (nSPS) is 48.4. The van der Waals surface area contributed by atoms with Crippen LogP contribution in [-0.2, 0) is 0 Å². The van der Waals surface area contributed by atoms with E-state index in [4.69, 9.17) is 0 Å². The van der Waals surface area contributed by atoms with Crippen LogP contribution in [0.25, 0.3) is 0 Å². The summed E-state index contributed by atoms with van der Waals surface area (Å²) >= 11 is 0. The number of piperazine rings is 1. The molecule has 5 fully saturated rings. The van der Waals surface area contributed by atoms with Gasteiger partial charge < -0.3 is 0 Å². The molecule has 4 saturated carbocycles. The van der Waals surface area contributed by atoms with Crippen LogP contribution in [0.15, 0.2) is 0 Å². The first kappa shape index (κ1) is 13.1. The lowest BCUT2D eigenvalue weighted by atomic mass is 9.52. The van der Waals surface area contributed by atoms with Crippen molar-refractivity contribution in [2.75, 3.05) is 33.2 Å². The zero-order valence-corrected chi connectivity index (χ0v) is 12.7. The molecule has 4 aliphatic carbocycles. The van der Waals surface area contributed by atoms with Gasteiger partial charge in [0.1, 0.15) is 6.04 Å². The predicted molar refractivity (Wildman–Crippen MR) is 79.0 cm³/mol. The molecule has 1 unspecified atom stereocenters. The molecule has 4 bridgehead atoms. The summed E-state index contributed by atoms with van der Waals surface area (Å²) in [6.07, 6.45) is 7.63. The Morgan fingerprint density at radius 2 is 1.65 bits per heavy atom. The van der Waals surface area contributed by atoms with Gasteiger partial charge in [0.2, 0.25) is 0 Å². The van der Waals surface area contributed by atoms with Crippen molar-refractivity contribution in [3.63, 3.8) is 0 Å². The summed E-state index contributed by atoms with van der Waals surface area (Å²) in [6.45, 7) is 4.47. The monoisotopic (exact) mass is 273 g/mol. The lowest BCUT2D eigenvalue weighted by Gasteiger charge is -2.55. The minimum absolute atomic E-state index is 0.112. The van der Waals surface area contributed by atoms with Crippen molar-refractivity contribution >= 4 is 0 Å². The van der Waals surface area contributed by atoms with Crippen molar-refractivity contribution in [2.24, 2.45) is 29.6 Å². The standard InChI is InChI=1S/C17H27N3/c1-19-2-3-20(10-16(19)9-18)11-17-14-5-12-4-13(7-14)8-15(17)6-12/h12-17H,2-8,10-11H2,1H3. The maximum absolute atomic E-state index is 9.27. The lowest BCUT2D eigenvalue weighted by Crippen LogP contribution is -2.55. The molecule has 0 aromatic carbocycles. The first-order valence-corrected chi connectivity index (χ1v) is 8.55. The largest absolute Gasteiger partial charge is 0.299 e. The molecule has 110 valence electrons. The number of rotatable bonds is 2. The summed E-state index contributed by atoms with van der Waals surface area (Å²) in [6, 6.07) is 2.58. The van der Waals surface area contributed by atoms with Crippen LogP contribution in [0.3, 0.4) is 0 Å². The molecule has 1 saturated heterocycles. The van der Waals surface area contributed by atoms with Crippen molar-refractivity contribution in [1.29, 1.82) is 5.26 Å². The highest BCUT2D eigenvalue weighted by atomic mass is 15.3. The van der Waals surface area contributed by atoms with Gasteiger partial charge >= 0.3 is 0 Å². The molecule has 0 aromatic heterocycles. The van der Waals surface area contributed by atoms with E-state index < -0.39 is 0 Å². The molecule has 0 N–H and O–H groups in total. The summed E-state index contributed by atoms with van der Waals surface area (Å²) in [7, 11) is 2.09. The molecule has 5 rings (SSSR count). The van der Waals surface area contributed by atoms with Gasteiger partial charge in [-0.25, -0.2) is 0 Å². The fourth-order valence-corrected chi connectivity index (χ4v) is 5.87. The minimum Gasteiger partial charge on any atom is -0.299 e. The van der Waals surface area contributed by atoms with Gasteiger partial charge in [-0.1, -0.05) is 0 Å². The number of nitrogens with zero attached hydrogens (tertiary/aromatic N) is 3. The Bertz CT molecular complexity index is 385. The summed E-state index contributed by atoms with van der Waals surface area (Å²) in [4.78, 5) is 4.81. The van der Waals surface area contributed by atoms with Crippen molar-refractivity contribution in [2.45, 2.75) is 38.1 Å². The minimum atomic E-state index is 0.112. The maximum Gasteiger partial charge on any atom is 0.110 e. The van der Waals surface area contributed by atoms with E-state index in [9.17, 15) is 5.26 Å². The number of likely N-dealkylation sites (N-methyl/N-ethyl adjacent to an activating group) is 1. The van der Waals surface area contributed by atoms with Gasteiger partial charge in [0.25, 0.3) is 0 Å². The zero-order valence-electron chi connectivity index (χ0n) is 12.7. The third-order valence-electron chi connectivity index (χ3n) is 6.77. The number of hydrogen-bond acceptors (Lipinski definition) is 3. The summed E-state index contributed by atoms with van der Waals surface area (Å²) in [5.41, 5.74) is 0. The fraction of sp³-hybridized carbons (Fsp3) is 0.941. The van der Waals surface area contributed by atoms with Crippen molar-refractivity contribution in [1.82, 2.24) is 9.80 Å². The van der Waals surface area contributed by atoms with Crippen LogP contribution in [0.2, 0.25) is 0 Å². The molecule has 3 nitrogen and oxygen atoms in total. The first-order valence-electron chi connectivity index (χ1n) is 8.55. The van der Waals surface area contributed by atoms with E-state index in [0.717, 1.165) is 49.2 Å². The summed E-state index contributed by atoms with van der Waals surface area (Å²) in [5.74, 6) is 5.14. The van der Waals surface area contributed by atoms with Crippen LogP contribution in [0, 0.1) is 40.9 Å². The third-order valence-corrected chi connectivity index (χ3v) is 6.77. The second kappa shape index (κ2) is 5.00. The molecule has 5 aliphatic rings. The molecule has 1 atom stereocenters. The van der Waals surface area contributed by atoms with Gasteiger partial charge in [0.15, 0.2) is 0 Å². The van der Waals surface area contributed by atoms with Gasteiger partial charge in [0, 0.05) is 26.2 Å². The van der Waals surface area contributed by atoms with Crippen molar-refractivity contribution in [3.05, 3.63) is 0 Å². The average Bonchev–Trinajstić information content (AvgIpc) is 2.44. The molecule has 1 heterocycles. The summed E-state index contributed by atoms with van der Waals surface area (Å²) < 4.78 is 0. The molecule has 3 heteroatoms. The van der Waals surface area contributed by atoms with E-state index in [1.54, 1.807) is 6.42 Å². The Morgan fingerprint density at radius 3 is 2.25 bits per heavy atom. The average molecular weight is 273 g/mol. The highest BCUT2D eigenvalue weighted by Crippen LogP contribution is 2.56. The Balaban J connectivity index is 1.41. The van der Waals surface area contributed by atoms with Crippen LogP contribution >= 0.6 is 0 Å². The quantitative estimate of drug-likeness (QED) is 0.772. The van der Waals surface area contributed by atoms with Gasteiger partial charge in [-0.05, 0) is 68.7 Å². The molecular weight excluding hydrogens is 246 g/mol. The predicted octanol–water partition coefficient (Wildman–Crippen LogP) is 2.20. The van der Waals surface area contributed by atoms with E-state index in [0.29, 0.717) is 0 Å². The van der Waals surface area contributed by atoms with Crippen LogP contribution < -0.4 is 0 Å². The smallest absolute Gasteiger partial charge is 0.110 e. The molecule has 0 radical (unpaired) electrons. The van der Waals surface area contributed by atoms with E-state index in [1.807, 2.05) is 0 Å². The third kappa shape index (κ3) is 2.18. The first-order chi connectivity index (χ1) is 9.72. The Morgan fingerprint density at radius 1 is 1.00 bits per heavy atom. The number of hydrogen-bond donors (Lipinski definition) is 0. The molecule has 1 aliphatic heterocycles. The van der Waals surface area contributed by atoms with Crippen LogP contribution in [-0.4, -0.2) is 49.1 Å². The van der Waals surface area contributed by atoms with Crippen molar-refractivity contribution < 1.29 is 0 Å². The highest BCUT2D eigenvalue weighted by Gasteiger charge is 2.48.